The summed E-state index contributed by atoms with van der Waals surface area (Å²) >= 11 is 6.06. The van der Waals surface area contributed by atoms with Crippen molar-refractivity contribution in [3.8, 4) is 5.69 Å². The summed E-state index contributed by atoms with van der Waals surface area (Å²) in [6.07, 6.45) is 2.45. The van der Waals surface area contributed by atoms with Crippen LogP contribution in [0.15, 0.2) is 24.3 Å². The third kappa shape index (κ3) is 3.71. The van der Waals surface area contributed by atoms with Crippen LogP contribution >= 0.6 is 24.0 Å². The summed E-state index contributed by atoms with van der Waals surface area (Å²) in [5.74, 6) is -0.0883. The van der Waals surface area contributed by atoms with E-state index in [1.807, 2.05) is 18.2 Å². The summed E-state index contributed by atoms with van der Waals surface area (Å²) in [6, 6.07) is 7.43. The zero-order valence-electron chi connectivity index (χ0n) is 13.5. The molecule has 0 radical (unpaired) electrons. The van der Waals surface area contributed by atoms with E-state index in [1.165, 1.54) is 0 Å². The van der Waals surface area contributed by atoms with E-state index in [1.54, 1.807) is 15.6 Å². The molecule has 2 N–H and O–H groups in total. The number of hydrogen-bond donors (Lipinski definition) is 1. The highest BCUT2D eigenvalue weighted by Gasteiger charge is 2.29. The van der Waals surface area contributed by atoms with Crippen LogP contribution in [0.5, 0.6) is 0 Å². The van der Waals surface area contributed by atoms with E-state index in [0.717, 1.165) is 30.6 Å². The van der Waals surface area contributed by atoms with Crippen molar-refractivity contribution in [3.63, 3.8) is 0 Å². The monoisotopic (exact) mass is 369 g/mol. The summed E-state index contributed by atoms with van der Waals surface area (Å²) in [6.45, 7) is 3.32. The molecule has 0 saturated carbocycles. The molecule has 0 aliphatic carbocycles. The van der Waals surface area contributed by atoms with E-state index in [9.17, 15) is 4.79 Å². The molecule has 2 aromatic rings. The first-order valence-electron chi connectivity index (χ1n) is 7.85. The van der Waals surface area contributed by atoms with Crippen LogP contribution in [-0.2, 0) is 6.42 Å². The van der Waals surface area contributed by atoms with Crippen LogP contribution < -0.4 is 5.73 Å². The zero-order valence-corrected chi connectivity index (χ0v) is 15.1. The van der Waals surface area contributed by atoms with Crippen LogP contribution in [0.1, 0.15) is 35.9 Å². The Bertz CT molecular complexity index is 718. The average molecular weight is 370 g/mol. The van der Waals surface area contributed by atoms with Gasteiger partial charge in [0.25, 0.3) is 5.91 Å². The fourth-order valence-corrected chi connectivity index (χ4v) is 3.05. The molecule has 0 spiro atoms. The van der Waals surface area contributed by atoms with Gasteiger partial charge in [0.15, 0.2) is 5.69 Å². The van der Waals surface area contributed by atoms with Crippen LogP contribution in [0.4, 0.5) is 0 Å². The highest BCUT2D eigenvalue weighted by Crippen LogP contribution is 2.20. The van der Waals surface area contributed by atoms with Gasteiger partial charge in [-0.3, -0.25) is 4.79 Å². The van der Waals surface area contributed by atoms with Crippen molar-refractivity contribution in [2.75, 3.05) is 13.1 Å². The highest BCUT2D eigenvalue weighted by molar-refractivity contribution is 6.30. The predicted molar refractivity (Wildman–Crippen MR) is 96.1 cm³/mol. The summed E-state index contributed by atoms with van der Waals surface area (Å²) in [5.41, 5.74) is 7.95. The van der Waals surface area contributed by atoms with Gasteiger partial charge in [-0.2, -0.15) is 0 Å². The topological polar surface area (TPSA) is 77.0 Å². The van der Waals surface area contributed by atoms with E-state index in [0.29, 0.717) is 23.8 Å². The molecule has 130 valence electrons. The minimum atomic E-state index is -0.0883. The maximum atomic E-state index is 12.7. The van der Waals surface area contributed by atoms with Gasteiger partial charge in [0.05, 0.1) is 11.4 Å². The van der Waals surface area contributed by atoms with Crippen LogP contribution in [-0.4, -0.2) is 44.9 Å². The van der Waals surface area contributed by atoms with Crippen molar-refractivity contribution in [1.29, 1.82) is 0 Å². The predicted octanol–water partition coefficient (Wildman–Crippen LogP) is 2.47. The van der Waals surface area contributed by atoms with Crippen molar-refractivity contribution in [2.45, 2.75) is 32.2 Å². The zero-order chi connectivity index (χ0) is 16.4. The molecule has 0 unspecified atom stereocenters. The molecule has 2 heterocycles. The molecule has 1 fully saturated rings. The summed E-state index contributed by atoms with van der Waals surface area (Å²) in [4.78, 5) is 14.5. The summed E-state index contributed by atoms with van der Waals surface area (Å²) in [5, 5.41) is 8.96. The number of amides is 1. The van der Waals surface area contributed by atoms with Crippen LogP contribution in [0, 0.1) is 0 Å². The SMILES string of the molecule is CCCc1c(C(=O)N2CC[C@@H](N)C2)nnn1-c1cccc(Cl)c1.Cl. The second kappa shape index (κ2) is 7.96. The van der Waals surface area contributed by atoms with Crippen molar-refractivity contribution >= 4 is 29.9 Å². The molecule has 1 aliphatic heterocycles. The van der Waals surface area contributed by atoms with Crippen LogP contribution in [0.2, 0.25) is 5.02 Å². The lowest BCUT2D eigenvalue weighted by Gasteiger charge is -2.15. The first-order valence-corrected chi connectivity index (χ1v) is 8.23. The Kier molecular flexibility index (Phi) is 6.21. The van der Waals surface area contributed by atoms with Gasteiger partial charge < -0.3 is 10.6 Å². The number of nitrogens with two attached hydrogens (primary N) is 1. The van der Waals surface area contributed by atoms with Gasteiger partial charge in [-0.05, 0) is 31.0 Å². The Morgan fingerprint density at radius 1 is 1.46 bits per heavy atom. The molecular weight excluding hydrogens is 349 g/mol. The van der Waals surface area contributed by atoms with Crippen molar-refractivity contribution in [3.05, 3.63) is 40.7 Å². The number of carbonyl (C=O) groups is 1. The molecule has 8 heteroatoms. The molecule has 1 saturated heterocycles. The smallest absolute Gasteiger partial charge is 0.276 e. The Morgan fingerprint density at radius 3 is 2.88 bits per heavy atom. The minimum Gasteiger partial charge on any atom is -0.336 e. The second-order valence-corrected chi connectivity index (χ2v) is 6.26. The molecule has 1 atom stereocenters. The number of aromatic nitrogens is 3. The normalized spacial score (nSPS) is 17.0. The van der Waals surface area contributed by atoms with Gasteiger partial charge in [0, 0.05) is 24.2 Å². The highest BCUT2D eigenvalue weighted by atomic mass is 35.5. The minimum absolute atomic E-state index is 0. The fourth-order valence-electron chi connectivity index (χ4n) is 2.87. The second-order valence-electron chi connectivity index (χ2n) is 5.83. The third-order valence-electron chi connectivity index (χ3n) is 4.02. The standard InChI is InChI=1S/C16H20ClN5O.ClH/c1-2-4-14-15(16(23)21-8-7-12(18)10-21)19-20-22(14)13-6-3-5-11(17)9-13;/h3,5-6,9,12H,2,4,7-8,10,18H2,1H3;1H/t12-;/m1./s1. The van der Waals surface area contributed by atoms with E-state index in [2.05, 4.69) is 17.2 Å². The lowest BCUT2D eigenvalue weighted by atomic mass is 10.2. The molecule has 0 bridgehead atoms. The van der Waals surface area contributed by atoms with Crippen molar-refractivity contribution in [2.24, 2.45) is 5.73 Å². The van der Waals surface area contributed by atoms with Gasteiger partial charge >= 0.3 is 0 Å². The van der Waals surface area contributed by atoms with E-state index >= 15 is 0 Å². The maximum Gasteiger partial charge on any atom is 0.276 e. The van der Waals surface area contributed by atoms with Gasteiger partial charge in [-0.25, -0.2) is 4.68 Å². The van der Waals surface area contributed by atoms with Gasteiger partial charge in [0.2, 0.25) is 0 Å². The number of benzene rings is 1. The molecular formula is C16H21Cl2N5O. The molecule has 1 aromatic heterocycles. The number of rotatable bonds is 4. The van der Waals surface area contributed by atoms with E-state index < -0.39 is 0 Å². The maximum absolute atomic E-state index is 12.7. The van der Waals surface area contributed by atoms with Gasteiger partial charge in [0.1, 0.15) is 0 Å². The number of carbonyl (C=O) groups excluding carboxylic acids is 1. The fraction of sp³-hybridized carbons (Fsp3) is 0.438. The number of hydrogen-bond acceptors (Lipinski definition) is 4. The Hall–Kier alpha value is -1.63. The van der Waals surface area contributed by atoms with Gasteiger partial charge in [-0.15, -0.1) is 17.5 Å². The lowest BCUT2D eigenvalue weighted by molar-refractivity contribution is 0.0784. The molecule has 6 nitrogen and oxygen atoms in total. The Balaban J connectivity index is 0.00000208. The largest absolute Gasteiger partial charge is 0.336 e. The molecule has 1 aliphatic rings. The van der Waals surface area contributed by atoms with Crippen LogP contribution in [0.3, 0.4) is 0 Å². The van der Waals surface area contributed by atoms with E-state index in [-0.39, 0.29) is 24.4 Å². The molecule has 3 rings (SSSR count). The Morgan fingerprint density at radius 2 is 2.25 bits per heavy atom. The van der Waals surface area contributed by atoms with Crippen molar-refractivity contribution < 1.29 is 4.79 Å². The number of halogens is 2. The molecule has 24 heavy (non-hydrogen) atoms. The first-order chi connectivity index (χ1) is 11.1. The Labute approximate surface area is 152 Å². The quantitative estimate of drug-likeness (QED) is 0.897. The van der Waals surface area contributed by atoms with Crippen LogP contribution in [0.25, 0.3) is 5.69 Å². The molecule has 1 amide bonds. The lowest BCUT2D eigenvalue weighted by Crippen LogP contribution is -2.32. The summed E-state index contributed by atoms with van der Waals surface area (Å²) < 4.78 is 1.71. The number of likely N-dealkylation sites (tertiary alicyclic amines) is 1. The average Bonchev–Trinajstić information content (AvgIpc) is 3.14. The van der Waals surface area contributed by atoms with Crippen molar-refractivity contribution in [1.82, 2.24) is 19.9 Å². The first kappa shape index (κ1) is 18.7. The third-order valence-corrected chi connectivity index (χ3v) is 4.25. The number of nitrogens with zero attached hydrogens (tertiary/aromatic N) is 4. The van der Waals surface area contributed by atoms with Gasteiger partial charge in [-0.1, -0.05) is 36.2 Å². The molecule has 1 aromatic carbocycles. The van der Waals surface area contributed by atoms with E-state index in [4.69, 9.17) is 17.3 Å². The summed E-state index contributed by atoms with van der Waals surface area (Å²) in [7, 11) is 0.